The van der Waals surface area contributed by atoms with Crippen LogP contribution in [-0.2, 0) is 14.3 Å². The van der Waals surface area contributed by atoms with Crippen LogP contribution in [0.1, 0.15) is 37.5 Å². The largest absolute Gasteiger partial charge is 0.444 e. The van der Waals surface area contributed by atoms with Gasteiger partial charge in [-0.25, -0.2) is 0 Å². The van der Waals surface area contributed by atoms with Crippen molar-refractivity contribution in [1.29, 1.82) is 0 Å². The lowest BCUT2D eigenvalue weighted by molar-refractivity contribution is -0.157. The highest BCUT2D eigenvalue weighted by Gasteiger charge is 2.41. The topological polar surface area (TPSA) is 58.6 Å². The van der Waals surface area contributed by atoms with Gasteiger partial charge in [-0.3, -0.25) is 14.5 Å². The molecule has 118 valence electrons. The highest BCUT2D eigenvalue weighted by Crippen LogP contribution is 2.35. The molecule has 0 bridgehead atoms. The van der Waals surface area contributed by atoms with E-state index in [4.69, 9.17) is 4.74 Å². The second-order valence-electron chi connectivity index (χ2n) is 6.01. The fourth-order valence-corrected chi connectivity index (χ4v) is 3.74. The summed E-state index contributed by atoms with van der Waals surface area (Å²) >= 11 is 0. The summed E-state index contributed by atoms with van der Waals surface area (Å²) in [5, 5.41) is 2.96. The average molecular weight is 302 g/mol. The molecule has 1 saturated carbocycles. The Bertz CT molecular complexity index is 514. The van der Waals surface area contributed by atoms with Crippen molar-refractivity contribution < 1.29 is 14.3 Å². The van der Waals surface area contributed by atoms with Crippen molar-refractivity contribution in [3.05, 3.63) is 35.9 Å². The first-order chi connectivity index (χ1) is 10.8. The number of nitrogens with one attached hydrogen (secondary N) is 1. The summed E-state index contributed by atoms with van der Waals surface area (Å²) in [5.74, 6) is 0.412. The second-order valence-corrected chi connectivity index (χ2v) is 6.01. The molecular formula is C17H22N2O3. The summed E-state index contributed by atoms with van der Waals surface area (Å²) in [6, 6.07) is 9.44. The predicted molar refractivity (Wildman–Crippen MR) is 81.8 cm³/mol. The fraction of sp³-hybridized carbons (Fsp3) is 0.529. The summed E-state index contributed by atoms with van der Waals surface area (Å²) in [4.78, 5) is 25.5. The van der Waals surface area contributed by atoms with E-state index in [1.807, 2.05) is 30.3 Å². The molecule has 0 spiro atoms. The van der Waals surface area contributed by atoms with Crippen molar-refractivity contribution in [2.45, 2.75) is 38.0 Å². The molecule has 2 atom stereocenters. The number of hydrogen-bond donors (Lipinski definition) is 1. The van der Waals surface area contributed by atoms with E-state index in [-0.39, 0.29) is 11.9 Å². The molecule has 1 aliphatic carbocycles. The van der Waals surface area contributed by atoms with Crippen LogP contribution in [0.3, 0.4) is 0 Å². The van der Waals surface area contributed by atoms with Gasteiger partial charge in [-0.05, 0) is 18.8 Å². The Kier molecular flexibility index (Phi) is 4.73. The zero-order valence-electron chi connectivity index (χ0n) is 12.6. The van der Waals surface area contributed by atoms with Gasteiger partial charge in [0.2, 0.25) is 5.91 Å². The number of carbonyl (C=O) groups is 2. The van der Waals surface area contributed by atoms with Crippen molar-refractivity contribution in [3.8, 4) is 0 Å². The molecule has 2 aliphatic rings. The highest BCUT2D eigenvalue weighted by atomic mass is 16.5. The molecule has 2 unspecified atom stereocenters. The average Bonchev–Trinajstić information content (AvgIpc) is 3.07. The highest BCUT2D eigenvalue weighted by molar-refractivity contribution is 5.83. The fourth-order valence-electron chi connectivity index (χ4n) is 3.74. The number of benzene rings is 1. The lowest BCUT2D eigenvalue weighted by Crippen LogP contribution is -2.59. The summed E-state index contributed by atoms with van der Waals surface area (Å²) in [7, 11) is 0. The monoisotopic (exact) mass is 302 g/mol. The molecule has 0 radical (unpaired) electrons. The van der Waals surface area contributed by atoms with Crippen LogP contribution >= 0.6 is 0 Å². The van der Waals surface area contributed by atoms with Crippen molar-refractivity contribution in [2.24, 2.45) is 5.92 Å². The third-order valence-electron chi connectivity index (χ3n) is 4.71. The van der Waals surface area contributed by atoms with Gasteiger partial charge in [0.05, 0.1) is 6.04 Å². The minimum Gasteiger partial charge on any atom is -0.444 e. The normalized spacial score (nSPS) is 24.7. The zero-order chi connectivity index (χ0) is 15.4. The molecule has 0 aromatic heterocycles. The number of nitrogens with zero attached hydrogens (tertiary/aromatic N) is 1. The summed E-state index contributed by atoms with van der Waals surface area (Å²) in [6.45, 7) is 1.77. The zero-order valence-corrected chi connectivity index (χ0v) is 12.6. The number of rotatable bonds is 5. The lowest BCUT2D eigenvalue weighted by Gasteiger charge is -2.41. The Balaban J connectivity index is 1.89. The molecule has 1 aliphatic heterocycles. The first-order valence-corrected chi connectivity index (χ1v) is 7.99. The Morgan fingerprint density at radius 3 is 2.64 bits per heavy atom. The van der Waals surface area contributed by atoms with Gasteiger partial charge in [-0.2, -0.15) is 0 Å². The third kappa shape index (κ3) is 2.99. The van der Waals surface area contributed by atoms with Crippen molar-refractivity contribution >= 4 is 12.4 Å². The number of amides is 1. The van der Waals surface area contributed by atoms with Gasteiger partial charge in [0.15, 0.2) is 6.23 Å². The minimum atomic E-state index is -0.490. The van der Waals surface area contributed by atoms with Crippen LogP contribution in [0.2, 0.25) is 0 Å². The Hall–Kier alpha value is -1.88. The SMILES string of the molecule is O=COC(c1ccccc1)N1CCNC(=O)C1C1CCCC1. The van der Waals surface area contributed by atoms with Crippen LogP contribution in [-0.4, -0.2) is 36.4 Å². The van der Waals surface area contributed by atoms with E-state index in [9.17, 15) is 9.59 Å². The van der Waals surface area contributed by atoms with Crippen molar-refractivity contribution in [3.63, 3.8) is 0 Å². The van der Waals surface area contributed by atoms with Crippen LogP contribution in [0.5, 0.6) is 0 Å². The van der Waals surface area contributed by atoms with Gasteiger partial charge in [-0.15, -0.1) is 0 Å². The molecule has 5 nitrogen and oxygen atoms in total. The molecule has 1 amide bonds. The summed E-state index contributed by atoms with van der Waals surface area (Å²) in [5.41, 5.74) is 0.910. The van der Waals surface area contributed by atoms with E-state index in [1.165, 1.54) is 12.8 Å². The Labute approximate surface area is 130 Å². The predicted octanol–water partition coefficient (Wildman–Crippen LogP) is 1.85. The molecule has 1 saturated heterocycles. The van der Waals surface area contributed by atoms with E-state index >= 15 is 0 Å². The van der Waals surface area contributed by atoms with E-state index in [2.05, 4.69) is 10.2 Å². The molecule has 5 heteroatoms. The maximum Gasteiger partial charge on any atom is 0.294 e. The smallest absolute Gasteiger partial charge is 0.294 e. The second kappa shape index (κ2) is 6.92. The summed E-state index contributed by atoms with van der Waals surface area (Å²) in [6.07, 6.45) is 3.99. The summed E-state index contributed by atoms with van der Waals surface area (Å²) < 4.78 is 5.37. The Morgan fingerprint density at radius 1 is 1.23 bits per heavy atom. The standard InChI is InChI=1S/C17H22N2O3/c20-12-22-17(14-8-2-1-3-9-14)19-11-10-18-16(21)15(19)13-6-4-5-7-13/h1-3,8-9,12-13,15,17H,4-7,10-11H2,(H,18,21). The van der Waals surface area contributed by atoms with Gasteiger partial charge in [0.1, 0.15) is 0 Å². The van der Waals surface area contributed by atoms with Crippen LogP contribution in [0.4, 0.5) is 0 Å². The van der Waals surface area contributed by atoms with Gasteiger partial charge < -0.3 is 10.1 Å². The number of ether oxygens (including phenoxy) is 1. The number of hydrogen-bond acceptors (Lipinski definition) is 4. The van der Waals surface area contributed by atoms with Crippen molar-refractivity contribution in [1.82, 2.24) is 10.2 Å². The van der Waals surface area contributed by atoms with E-state index in [0.29, 0.717) is 25.5 Å². The van der Waals surface area contributed by atoms with E-state index in [0.717, 1.165) is 18.4 Å². The third-order valence-corrected chi connectivity index (χ3v) is 4.71. The minimum absolute atomic E-state index is 0.0635. The number of piperazine rings is 1. The van der Waals surface area contributed by atoms with Crippen molar-refractivity contribution in [2.75, 3.05) is 13.1 Å². The molecule has 22 heavy (non-hydrogen) atoms. The van der Waals surface area contributed by atoms with Gasteiger partial charge in [0, 0.05) is 18.7 Å². The molecule has 1 heterocycles. The maximum atomic E-state index is 12.4. The van der Waals surface area contributed by atoms with Crippen LogP contribution in [0.15, 0.2) is 30.3 Å². The first kappa shape index (κ1) is 15.0. The van der Waals surface area contributed by atoms with Gasteiger partial charge in [0.25, 0.3) is 6.47 Å². The molecule has 1 N–H and O–H groups in total. The molecule has 1 aromatic rings. The number of carbonyl (C=O) groups excluding carboxylic acids is 2. The van der Waals surface area contributed by atoms with Crippen LogP contribution < -0.4 is 5.32 Å². The van der Waals surface area contributed by atoms with E-state index < -0.39 is 6.23 Å². The van der Waals surface area contributed by atoms with Gasteiger partial charge in [-0.1, -0.05) is 43.2 Å². The van der Waals surface area contributed by atoms with E-state index in [1.54, 1.807) is 0 Å². The Morgan fingerprint density at radius 2 is 1.95 bits per heavy atom. The van der Waals surface area contributed by atoms with Crippen LogP contribution in [0.25, 0.3) is 0 Å². The molecule has 3 rings (SSSR count). The maximum absolute atomic E-state index is 12.4. The molecule has 2 fully saturated rings. The molecular weight excluding hydrogens is 280 g/mol. The lowest BCUT2D eigenvalue weighted by atomic mass is 9.93. The van der Waals surface area contributed by atoms with Gasteiger partial charge >= 0.3 is 0 Å². The quantitative estimate of drug-likeness (QED) is 0.843. The first-order valence-electron chi connectivity index (χ1n) is 7.99. The van der Waals surface area contributed by atoms with Crippen LogP contribution in [0, 0.1) is 5.92 Å². The molecule has 1 aromatic carbocycles.